The van der Waals surface area contributed by atoms with Crippen molar-refractivity contribution in [1.82, 2.24) is 14.6 Å². The van der Waals surface area contributed by atoms with Crippen LogP contribution >= 0.6 is 11.6 Å². The van der Waals surface area contributed by atoms with Crippen LogP contribution in [0.25, 0.3) is 17.0 Å². The van der Waals surface area contributed by atoms with Crippen LogP contribution in [0.15, 0.2) is 66.9 Å². The van der Waals surface area contributed by atoms with Crippen molar-refractivity contribution in [2.75, 3.05) is 0 Å². The van der Waals surface area contributed by atoms with E-state index in [1.807, 2.05) is 78.2 Å². The third-order valence-corrected chi connectivity index (χ3v) is 4.67. The number of aryl methyl sites for hydroxylation is 1. The van der Waals surface area contributed by atoms with Crippen LogP contribution in [0.3, 0.4) is 0 Å². The maximum atomic E-state index is 10.8. The zero-order valence-electron chi connectivity index (χ0n) is 13.6. The maximum Gasteiger partial charge on any atom is 0.169 e. The van der Waals surface area contributed by atoms with Gasteiger partial charge >= 0.3 is 0 Å². The molecule has 0 spiro atoms. The summed E-state index contributed by atoms with van der Waals surface area (Å²) < 4.78 is 1.86. The fourth-order valence-electron chi connectivity index (χ4n) is 2.97. The molecule has 0 fully saturated rings. The molecule has 25 heavy (non-hydrogen) atoms. The van der Waals surface area contributed by atoms with Crippen molar-refractivity contribution in [3.8, 4) is 11.4 Å². The van der Waals surface area contributed by atoms with Gasteiger partial charge in [0.1, 0.15) is 6.10 Å². The van der Waals surface area contributed by atoms with Crippen LogP contribution in [-0.2, 0) is 0 Å². The predicted octanol–water partition coefficient (Wildman–Crippen LogP) is 4.44. The smallest absolute Gasteiger partial charge is 0.169 e. The summed E-state index contributed by atoms with van der Waals surface area (Å²) in [5.74, 6) is 0.652. The van der Waals surface area contributed by atoms with E-state index in [9.17, 15) is 5.11 Å². The number of fused-ring (bicyclic) bond motifs is 1. The van der Waals surface area contributed by atoms with Crippen LogP contribution < -0.4 is 0 Å². The highest BCUT2D eigenvalue weighted by molar-refractivity contribution is 6.33. The van der Waals surface area contributed by atoms with Gasteiger partial charge in [0.2, 0.25) is 0 Å². The van der Waals surface area contributed by atoms with Crippen LogP contribution in [0.4, 0.5) is 0 Å². The molecular weight excluding hydrogens is 334 g/mol. The largest absolute Gasteiger partial charge is 0.384 e. The minimum Gasteiger partial charge on any atom is -0.384 e. The average molecular weight is 350 g/mol. The Balaban J connectivity index is 1.84. The maximum absolute atomic E-state index is 10.8. The number of halogens is 1. The highest BCUT2D eigenvalue weighted by Crippen LogP contribution is 2.29. The third-order valence-electron chi connectivity index (χ3n) is 4.34. The molecule has 0 aliphatic carbocycles. The molecule has 0 aliphatic rings. The average Bonchev–Trinajstić information content (AvgIpc) is 3.05. The Morgan fingerprint density at radius 2 is 1.72 bits per heavy atom. The van der Waals surface area contributed by atoms with Gasteiger partial charge in [0.25, 0.3) is 0 Å². The molecule has 2 aromatic carbocycles. The Morgan fingerprint density at radius 1 is 0.960 bits per heavy atom. The Labute approximate surface area is 150 Å². The standard InChI is InChI=1S/C20H16ClN3O/c1-13-6-2-3-7-15(13)19(25)14-10-11-18-22-23-20(24(18)12-14)16-8-4-5-9-17(16)21/h2-12,19,25H,1H3. The Morgan fingerprint density at radius 3 is 2.52 bits per heavy atom. The van der Waals surface area contributed by atoms with Crippen molar-refractivity contribution < 1.29 is 5.11 Å². The number of aliphatic hydroxyl groups excluding tert-OH is 1. The summed E-state index contributed by atoms with van der Waals surface area (Å²) in [5, 5.41) is 19.9. The van der Waals surface area contributed by atoms with Crippen molar-refractivity contribution in [2.45, 2.75) is 13.0 Å². The molecular formula is C20H16ClN3O. The summed E-state index contributed by atoms with van der Waals surface area (Å²) in [4.78, 5) is 0. The second-order valence-electron chi connectivity index (χ2n) is 5.95. The van der Waals surface area contributed by atoms with E-state index in [-0.39, 0.29) is 0 Å². The van der Waals surface area contributed by atoms with Crippen molar-refractivity contribution in [2.24, 2.45) is 0 Å². The minimum atomic E-state index is -0.716. The van der Waals surface area contributed by atoms with Gasteiger partial charge < -0.3 is 5.11 Å². The van der Waals surface area contributed by atoms with Crippen LogP contribution in [0.5, 0.6) is 0 Å². The normalized spacial score (nSPS) is 12.4. The van der Waals surface area contributed by atoms with Gasteiger partial charge in [-0.3, -0.25) is 4.40 Å². The number of rotatable bonds is 3. The van der Waals surface area contributed by atoms with Crippen LogP contribution in [-0.4, -0.2) is 19.7 Å². The lowest BCUT2D eigenvalue weighted by Gasteiger charge is -2.14. The zero-order valence-corrected chi connectivity index (χ0v) is 14.4. The third kappa shape index (κ3) is 2.80. The van der Waals surface area contributed by atoms with E-state index in [1.54, 1.807) is 0 Å². The number of aliphatic hydroxyl groups is 1. The SMILES string of the molecule is Cc1ccccc1C(O)c1ccc2nnc(-c3ccccc3Cl)n2c1. The summed E-state index contributed by atoms with van der Waals surface area (Å²) >= 11 is 6.30. The van der Waals surface area contributed by atoms with Gasteiger partial charge in [0.05, 0.1) is 5.02 Å². The highest BCUT2D eigenvalue weighted by atomic mass is 35.5. The Kier molecular flexibility index (Phi) is 3.99. The molecule has 0 radical (unpaired) electrons. The molecule has 0 saturated heterocycles. The highest BCUT2D eigenvalue weighted by Gasteiger charge is 2.16. The van der Waals surface area contributed by atoms with Crippen molar-refractivity contribution in [1.29, 1.82) is 0 Å². The number of benzene rings is 2. The van der Waals surface area contributed by atoms with E-state index in [1.165, 1.54) is 0 Å². The van der Waals surface area contributed by atoms with Crippen molar-refractivity contribution in [3.63, 3.8) is 0 Å². The summed E-state index contributed by atoms with van der Waals surface area (Å²) in [6.45, 7) is 1.99. The lowest BCUT2D eigenvalue weighted by molar-refractivity contribution is 0.219. The van der Waals surface area contributed by atoms with Gasteiger partial charge in [-0.05, 0) is 36.2 Å². The van der Waals surface area contributed by atoms with Gasteiger partial charge in [-0.15, -0.1) is 10.2 Å². The molecule has 2 aromatic heterocycles. The van der Waals surface area contributed by atoms with E-state index >= 15 is 0 Å². The summed E-state index contributed by atoms with van der Waals surface area (Å²) in [5.41, 5.74) is 4.21. The van der Waals surface area contributed by atoms with E-state index in [0.717, 1.165) is 22.3 Å². The van der Waals surface area contributed by atoms with Crippen LogP contribution in [0.1, 0.15) is 22.8 Å². The van der Waals surface area contributed by atoms with E-state index < -0.39 is 6.10 Å². The summed E-state index contributed by atoms with van der Waals surface area (Å²) in [6, 6.07) is 19.1. The molecule has 1 unspecified atom stereocenters. The first-order chi connectivity index (χ1) is 12.1. The fourth-order valence-corrected chi connectivity index (χ4v) is 3.19. The van der Waals surface area contributed by atoms with Gasteiger partial charge in [0, 0.05) is 17.3 Å². The van der Waals surface area contributed by atoms with Gasteiger partial charge in [-0.25, -0.2) is 0 Å². The lowest BCUT2D eigenvalue weighted by Crippen LogP contribution is -2.03. The molecule has 124 valence electrons. The zero-order chi connectivity index (χ0) is 17.4. The number of pyridine rings is 1. The number of hydrogen-bond acceptors (Lipinski definition) is 3. The van der Waals surface area contributed by atoms with Gasteiger partial charge in [0.15, 0.2) is 11.5 Å². The molecule has 1 N–H and O–H groups in total. The summed E-state index contributed by atoms with van der Waals surface area (Å²) in [6.07, 6.45) is 1.15. The molecule has 4 rings (SSSR count). The van der Waals surface area contributed by atoms with E-state index in [0.29, 0.717) is 16.5 Å². The number of nitrogens with zero attached hydrogens (tertiary/aromatic N) is 3. The Bertz CT molecular complexity index is 1060. The predicted molar refractivity (Wildman–Crippen MR) is 98.7 cm³/mol. The van der Waals surface area contributed by atoms with Gasteiger partial charge in [-0.1, -0.05) is 54.1 Å². The van der Waals surface area contributed by atoms with E-state index in [2.05, 4.69) is 10.2 Å². The van der Waals surface area contributed by atoms with E-state index in [4.69, 9.17) is 11.6 Å². The first-order valence-corrected chi connectivity index (χ1v) is 8.36. The molecule has 0 aliphatic heterocycles. The van der Waals surface area contributed by atoms with Crippen LogP contribution in [0.2, 0.25) is 5.02 Å². The second kappa shape index (κ2) is 6.31. The van der Waals surface area contributed by atoms with Crippen molar-refractivity contribution in [3.05, 3.63) is 88.6 Å². The molecule has 5 heteroatoms. The van der Waals surface area contributed by atoms with Crippen molar-refractivity contribution >= 4 is 17.2 Å². The first-order valence-electron chi connectivity index (χ1n) is 7.98. The number of aromatic nitrogens is 3. The number of hydrogen-bond donors (Lipinski definition) is 1. The Hall–Kier alpha value is -2.69. The molecule has 1 atom stereocenters. The van der Waals surface area contributed by atoms with Crippen LogP contribution in [0, 0.1) is 6.92 Å². The first kappa shape index (κ1) is 15.8. The summed E-state index contributed by atoms with van der Waals surface area (Å²) in [7, 11) is 0. The molecule has 2 heterocycles. The second-order valence-corrected chi connectivity index (χ2v) is 6.36. The van der Waals surface area contributed by atoms with Gasteiger partial charge in [-0.2, -0.15) is 0 Å². The molecule has 0 amide bonds. The molecule has 0 bridgehead atoms. The lowest BCUT2D eigenvalue weighted by atomic mass is 9.99. The minimum absolute atomic E-state index is 0.613. The molecule has 4 nitrogen and oxygen atoms in total. The monoisotopic (exact) mass is 349 g/mol. The fraction of sp³-hybridized carbons (Fsp3) is 0.100. The molecule has 0 saturated carbocycles. The topological polar surface area (TPSA) is 50.4 Å². The quantitative estimate of drug-likeness (QED) is 0.595. The molecule has 4 aromatic rings.